The van der Waals surface area contributed by atoms with E-state index in [0.29, 0.717) is 0 Å². The Bertz CT molecular complexity index is 683. The third kappa shape index (κ3) is 3.49. The normalized spacial score (nSPS) is 32.0. The average Bonchev–Trinajstić information content (AvgIpc) is 2.99. The summed E-state index contributed by atoms with van der Waals surface area (Å²) in [6.07, 6.45) is -2.08. The lowest BCUT2D eigenvalue weighted by molar-refractivity contribution is -0.229. The van der Waals surface area contributed by atoms with Crippen molar-refractivity contribution >= 4 is 10.1 Å². The molecule has 0 bridgehead atoms. The average molecular weight is 358 g/mol. The van der Waals surface area contributed by atoms with E-state index in [-0.39, 0.29) is 11.5 Å². The van der Waals surface area contributed by atoms with E-state index in [2.05, 4.69) is 0 Å². The van der Waals surface area contributed by atoms with Crippen LogP contribution in [-0.4, -0.2) is 52.5 Å². The van der Waals surface area contributed by atoms with Crippen LogP contribution in [-0.2, 0) is 33.2 Å². The molecule has 8 heteroatoms. The molecule has 0 aromatic heterocycles. The fourth-order valence-electron chi connectivity index (χ4n) is 2.90. The third-order valence-electron chi connectivity index (χ3n) is 4.04. The van der Waals surface area contributed by atoms with Gasteiger partial charge in [0.2, 0.25) is 0 Å². The molecular formula is C16H22O7S. The summed E-state index contributed by atoms with van der Waals surface area (Å²) in [5.41, 5.74) is 0.970. The van der Waals surface area contributed by atoms with Gasteiger partial charge in [0.1, 0.15) is 18.3 Å². The van der Waals surface area contributed by atoms with Gasteiger partial charge in [0, 0.05) is 7.11 Å². The second-order valence-electron chi connectivity index (χ2n) is 6.40. The Balaban J connectivity index is 1.69. The molecule has 1 aromatic carbocycles. The monoisotopic (exact) mass is 358 g/mol. The second kappa shape index (κ2) is 6.36. The number of hydrogen-bond donors (Lipinski definition) is 0. The van der Waals surface area contributed by atoms with E-state index in [9.17, 15) is 8.42 Å². The standard InChI is InChI=1S/C16H22O7S/c1-10-5-7-11(8-6-10)24(17,18)20-9-12-13-14(15(19-4)21-12)23-16(2,3)22-13/h5-8,12-15H,9H2,1-4H3/t12-,13-,14?,15-/m0/s1. The minimum atomic E-state index is -3.86. The van der Waals surface area contributed by atoms with E-state index in [1.54, 1.807) is 26.0 Å². The Morgan fingerprint density at radius 3 is 2.38 bits per heavy atom. The van der Waals surface area contributed by atoms with Crippen LogP contribution in [0.2, 0.25) is 0 Å². The molecule has 0 spiro atoms. The topological polar surface area (TPSA) is 80.3 Å². The molecule has 0 radical (unpaired) electrons. The summed E-state index contributed by atoms with van der Waals surface area (Å²) in [6, 6.07) is 6.46. The Hall–Kier alpha value is -1.03. The van der Waals surface area contributed by atoms with Crippen LogP contribution < -0.4 is 0 Å². The molecule has 0 saturated carbocycles. The van der Waals surface area contributed by atoms with Gasteiger partial charge in [-0.15, -0.1) is 0 Å². The van der Waals surface area contributed by atoms with Crippen molar-refractivity contribution in [2.75, 3.05) is 13.7 Å². The first-order valence-corrected chi connectivity index (χ1v) is 9.13. The molecule has 7 nitrogen and oxygen atoms in total. The van der Waals surface area contributed by atoms with Crippen molar-refractivity contribution in [3.8, 4) is 0 Å². The summed E-state index contributed by atoms with van der Waals surface area (Å²) < 4.78 is 52.2. The molecule has 1 unspecified atom stereocenters. The summed E-state index contributed by atoms with van der Waals surface area (Å²) in [6.45, 7) is 5.29. The molecule has 134 valence electrons. The van der Waals surface area contributed by atoms with Gasteiger partial charge in [-0.25, -0.2) is 0 Å². The lowest BCUT2D eigenvalue weighted by atomic mass is 10.1. The first-order valence-electron chi connectivity index (χ1n) is 7.72. The maximum atomic E-state index is 12.3. The van der Waals surface area contributed by atoms with Crippen molar-refractivity contribution in [3.05, 3.63) is 29.8 Å². The Morgan fingerprint density at radius 2 is 1.75 bits per heavy atom. The van der Waals surface area contributed by atoms with Gasteiger partial charge >= 0.3 is 0 Å². The van der Waals surface area contributed by atoms with E-state index < -0.39 is 40.5 Å². The number of methoxy groups -OCH3 is 1. The Morgan fingerprint density at radius 1 is 1.12 bits per heavy atom. The summed E-state index contributed by atoms with van der Waals surface area (Å²) in [7, 11) is -2.36. The fraction of sp³-hybridized carbons (Fsp3) is 0.625. The number of hydrogen-bond acceptors (Lipinski definition) is 7. The van der Waals surface area contributed by atoms with Gasteiger partial charge in [-0.05, 0) is 32.9 Å². The fourth-order valence-corrected chi connectivity index (χ4v) is 3.81. The number of benzene rings is 1. The van der Waals surface area contributed by atoms with Crippen LogP contribution in [0, 0.1) is 6.92 Å². The molecule has 2 aliphatic heterocycles. The van der Waals surface area contributed by atoms with Gasteiger partial charge in [-0.2, -0.15) is 8.42 Å². The molecule has 2 fully saturated rings. The van der Waals surface area contributed by atoms with Crippen molar-refractivity contribution in [2.45, 2.75) is 56.1 Å². The lowest BCUT2D eigenvalue weighted by Crippen LogP contribution is -2.33. The van der Waals surface area contributed by atoms with Gasteiger partial charge in [-0.3, -0.25) is 4.18 Å². The van der Waals surface area contributed by atoms with E-state index in [1.807, 2.05) is 6.92 Å². The SMILES string of the molecule is CO[C@H]1O[C@@H](COS(=O)(=O)c2ccc(C)cc2)[C@@H]2OC(C)(C)OC12. The van der Waals surface area contributed by atoms with Crippen LogP contribution >= 0.6 is 0 Å². The first-order chi connectivity index (χ1) is 11.2. The van der Waals surface area contributed by atoms with Crippen LogP contribution in [0.3, 0.4) is 0 Å². The second-order valence-corrected chi connectivity index (χ2v) is 8.01. The van der Waals surface area contributed by atoms with Gasteiger partial charge in [-0.1, -0.05) is 17.7 Å². The van der Waals surface area contributed by atoms with E-state index in [4.69, 9.17) is 23.1 Å². The van der Waals surface area contributed by atoms with Crippen LogP contribution in [0.1, 0.15) is 19.4 Å². The molecule has 1 aromatic rings. The number of fused-ring (bicyclic) bond motifs is 1. The molecule has 0 aliphatic carbocycles. The molecule has 0 amide bonds. The maximum Gasteiger partial charge on any atom is 0.297 e. The van der Waals surface area contributed by atoms with Crippen LogP contribution in [0.25, 0.3) is 0 Å². The zero-order valence-corrected chi connectivity index (χ0v) is 14.9. The zero-order valence-electron chi connectivity index (χ0n) is 14.1. The molecule has 0 N–H and O–H groups in total. The van der Waals surface area contributed by atoms with E-state index >= 15 is 0 Å². The van der Waals surface area contributed by atoms with Gasteiger partial charge in [0.05, 0.1) is 11.5 Å². The zero-order chi connectivity index (χ0) is 17.5. The van der Waals surface area contributed by atoms with Gasteiger partial charge in [0.25, 0.3) is 10.1 Å². The highest BCUT2D eigenvalue weighted by atomic mass is 32.2. The highest BCUT2D eigenvalue weighted by molar-refractivity contribution is 7.86. The maximum absolute atomic E-state index is 12.3. The minimum Gasteiger partial charge on any atom is -0.353 e. The predicted octanol–water partition coefficient (Wildman–Crippen LogP) is 1.59. The summed E-state index contributed by atoms with van der Waals surface area (Å²) >= 11 is 0. The Kier molecular flexibility index (Phi) is 4.71. The smallest absolute Gasteiger partial charge is 0.297 e. The lowest BCUT2D eigenvalue weighted by Gasteiger charge is -2.23. The minimum absolute atomic E-state index is 0.106. The van der Waals surface area contributed by atoms with E-state index in [0.717, 1.165) is 5.56 Å². The van der Waals surface area contributed by atoms with Crippen molar-refractivity contribution in [3.63, 3.8) is 0 Å². The van der Waals surface area contributed by atoms with Crippen LogP contribution in [0.15, 0.2) is 29.2 Å². The van der Waals surface area contributed by atoms with Crippen LogP contribution in [0.4, 0.5) is 0 Å². The van der Waals surface area contributed by atoms with Crippen molar-refractivity contribution in [1.29, 1.82) is 0 Å². The van der Waals surface area contributed by atoms with Crippen molar-refractivity contribution < 1.29 is 31.5 Å². The molecule has 4 atom stereocenters. The van der Waals surface area contributed by atoms with E-state index in [1.165, 1.54) is 19.2 Å². The first kappa shape index (κ1) is 17.8. The summed E-state index contributed by atoms with van der Waals surface area (Å²) in [4.78, 5) is 0.106. The van der Waals surface area contributed by atoms with Crippen LogP contribution in [0.5, 0.6) is 0 Å². The summed E-state index contributed by atoms with van der Waals surface area (Å²) in [5, 5.41) is 0. The molecule has 24 heavy (non-hydrogen) atoms. The number of aryl methyl sites for hydroxylation is 1. The number of ether oxygens (including phenoxy) is 4. The summed E-state index contributed by atoms with van der Waals surface area (Å²) in [5.74, 6) is -0.774. The Labute approximate surface area is 141 Å². The molecular weight excluding hydrogens is 336 g/mol. The van der Waals surface area contributed by atoms with Gasteiger partial charge in [0.15, 0.2) is 12.1 Å². The molecule has 2 aliphatic rings. The predicted molar refractivity (Wildman–Crippen MR) is 83.8 cm³/mol. The van der Waals surface area contributed by atoms with Crippen molar-refractivity contribution in [2.24, 2.45) is 0 Å². The largest absolute Gasteiger partial charge is 0.353 e. The highest BCUT2D eigenvalue weighted by Gasteiger charge is 2.55. The number of rotatable bonds is 5. The molecule has 2 heterocycles. The van der Waals surface area contributed by atoms with Crippen molar-refractivity contribution in [1.82, 2.24) is 0 Å². The third-order valence-corrected chi connectivity index (χ3v) is 5.33. The molecule has 2 saturated heterocycles. The highest BCUT2D eigenvalue weighted by Crippen LogP contribution is 2.39. The molecule has 3 rings (SSSR count). The van der Waals surface area contributed by atoms with Gasteiger partial charge < -0.3 is 18.9 Å². The quantitative estimate of drug-likeness (QED) is 0.740.